The summed E-state index contributed by atoms with van der Waals surface area (Å²) in [6.07, 6.45) is 0.0860. The first-order chi connectivity index (χ1) is 8.06. The minimum Gasteiger partial charge on any atom is -0.322 e. The molecular weight excluding hydrogens is 272 g/mol. The molecule has 0 aliphatic heterocycles. The maximum atomic E-state index is 12.0. The fraction of sp³-hybridized carbons (Fsp3) is 0.833. The summed E-state index contributed by atoms with van der Waals surface area (Å²) in [5, 5.41) is 0. The fourth-order valence-electron chi connectivity index (χ4n) is 1.35. The zero-order valence-electron chi connectivity index (χ0n) is 11.6. The molecule has 18 heavy (non-hydrogen) atoms. The molecule has 0 rings (SSSR count). The molecule has 0 aromatic rings. The van der Waals surface area contributed by atoms with E-state index in [1.165, 1.54) is 0 Å². The Labute approximate surface area is 123 Å². The average molecular weight is 294 g/mol. The SMILES string of the molecule is CCOC(OCC)(OCC)C(=O)CC(=O)CC.[Ti]. The summed E-state index contributed by atoms with van der Waals surface area (Å²) in [6.45, 7) is 7.73. The summed E-state index contributed by atoms with van der Waals surface area (Å²) < 4.78 is 15.8. The number of rotatable bonds is 10. The van der Waals surface area contributed by atoms with Crippen molar-refractivity contribution in [1.29, 1.82) is 0 Å². The Balaban J connectivity index is 0. The van der Waals surface area contributed by atoms with Crippen molar-refractivity contribution < 1.29 is 45.5 Å². The van der Waals surface area contributed by atoms with Crippen LogP contribution in [0, 0.1) is 0 Å². The smallest absolute Gasteiger partial charge is 0.322 e. The van der Waals surface area contributed by atoms with Crippen LogP contribution in [0.3, 0.4) is 0 Å². The van der Waals surface area contributed by atoms with Crippen LogP contribution in [0.1, 0.15) is 40.5 Å². The van der Waals surface area contributed by atoms with E-state index in [0.29, 0.717) is 6.42 Å². The third-order valence-corrected chi connectivity index (χ3v) is 2.10. The van der Waals surface area contributed by atoms with E-state index < -0.39 is 11.8 Å². The van der Waals surface area contributed by atoms with E-state index in [-0.39, 0.29) is 53.7 Å². The van der Waals surface area contributed by atoms with Gasteiger partial charge < -0.3 is 14.2 Å². The van der Waals surface area contributed by atoms with Crippen LogP contribution < -0.4 is 0 Å². The van der Waals surface area contributed by atoms with Crippen LogP contribution >= 0.6 is 0 Å². The Kier molecular flexibility index (Phi) is 12.2. The van der Waals surface area contributed by atoms with E-state index in [2.05, 4.69) is 0 Å². The zero-order chi connectivity index (χ0) is 13.3. The average Bonchev–Trinajstić information content (AvgIpc) is 2.29. The summed E-state index contributed by atoms with van der Waals surface area (Å²) in [7, 11) is 0. The van der Waals surface area contributed by atoms with Crippen LogP contribution in [0.5, 0.6) is 0 Å². The molecule has 0 spiro atoms. The first-order valence-corrected chi connectivity index (χ1v) is 6.03. The van der Waals surface area contributed by atoms with Crippen molar-refractivity contribution in [2.45, 2.75) is 46.5 Å². The summed E-state index contributed by atoms with van der Waals surface area (Å²) in [6, 6.07) is 0. The van der Waals surface area contributed by atoms with Crippen molar-refractivity contribution in [3.63, 3.8) is 0 Å². The Bertz CT molecular complexity index is 238. The molecule has 0 unspecified atom stereocenters. The van der Waals surface area contributed by atoms with Crippen LogP contribution in [0.25, 0.3) is 0 Å². The van der Waals surface area contributed by atoms with Crippen molar-refractivity contribution in [1.82, 2.24) is 0 Å². The molecule has 0 amide bonds. The fourth-order valence-corrected chi connectivity index (χ4v) is 1.35. The molecule has 0 aromatic carbocycles. The number of hydrogen-bond acceptors (Lipinski definition) is 5. The molecule has 0 saturated carbocycles. The first-order valence-electron chi connectivity index (χ1n) is 6.03. The van der Waals surface area contributed by atoms with Gasteiger partial charge in [0, 0.05) is 28.1 Å². The van der Waals surface area contributed by atoms with Gasteiger partial charge in [-0.1, -0.05) is 6.92 Å². The van der Waals surface area contributed by atoms with E-state index in [9.17, 15) is 9.59 Å². The van der Waals surface area contributed by atoms with Crippen LogP contribution in [0.4, 0.5) is 0 Å². The van der Waals surface area contributed by atoms with Crippen molar-refractivity contribution in [3.8, 4) is 0 Å². The molecule has 6 heteroatoms. The standard InChI is InChI=1S/C12H22O5.Ti/c1-5-10(13)9-11(14)12(15-6-2,16-7-3)17-8-4;/h5-9H2,1-4H3;. The number of hydrogen-bond donors (Lipinski definition) is 0. The largest absolute Gasteiger partial charge is 0.347 e. The number of carbonyl (C=O) groups excluding carboxylic acids is 2. The molecule has 0 fully saturated rings. The number of carbonyl (C=O) groups is 2. The van der Waals surface area contributed by atoms with Gasteiger partial charge in [-0.15, -0.1) is 0 Å². The molecule has 0 aliphatic carbocycles. The molecule has 0 bridgehead atoms. The van der Waals surface area contributed by atoms with E-state index in [0.717, 1.165) is 0 Å². The summed E-state index contributed by atoms with van der Waals surface area (Å²) in [5.74, 6) is -2.35. The van der Waals surface area contributed by atoms with Crippen molar-refractivity contribution >= 4 is 11.6 Å². The zero-order valence-corrected chi connectivity index (χ0v) is 13.1. The predicted molar refractivity (Wildman–Crippen MR) is 62.5 cm³/mol. The summed E-state index contributed by atoms with van der Waals surface area (Å²) >= 11 is 0. The van der Waals surface area contributed by atoms with Crippen molar-refractivity contribution in [3.05, 3.63) is 0 Å². The molecule has 5 nitrogen and oxygen atoms in total. The van der Waals surface area contributed by atoms with Gasteiger partial charge in [-0.05, 0) is 20.8 Å². The molecule has 0 atom stereocenters. The number of Topliss-reactive ketones (excluding diaryl/α,β-unsaturated/α-hetero) is 2. The van der Waals surface area contributed by atoms with Crippen LogP contribution in [0.15, 0.2) is 0 Å². The van der Waals surface area contributed by atoms with Gasteiger partial charge in [0.1, 0.15) is 5.78 Å². The van der Waals surface area contributed by atoms with Crippen molar-refractivity contribution in [2.75, 3.05) is 19.8 Å². The van der Waals surface area contributed by atoms with Crippen LogP contribution in [-0.2, 0) is 45.5 Å². The molecular formula is C12H22O5Ti. The Morgan fingerprint density at radius 2 is 1.28 bits per heavy atom. The molecule has 0 heterocycles. The van der Waals surface area contributed by atoms with Crippen molar-refractivity contribution in [2.24, 2.45) is 0 Å². The van der Waals surface area contributed by atoms with Crippen LogP contribution in [0.2, 0.25) is 0 Å². The number of ketones is 2. The monoisotopic (exact) mass is 294 g/mol. The predicted octanol–water partition coefficient (Wildman–Crippen LogP) is 1.69. The van der Waals surface area contributed by atoms with E-state index in [1.807, 2.05) is 0 Å². The molecule has 0 saturated heterocycles. The molecule has 104 valence electrons. The van der Waals surface area contributed by atoms with E-state index in [1.54, 1.807) is 27.7 Å². The molecule has 0 N–H and O–H groups in total. The second-order valence-electron chi connectivity index (χ2n) is 3.35. The second kappa shape index (κ2) is 10.8. The van der Waals surface area contributed by atoms with E-state index in [4.69, 9.17) is 14.2 Å². The third-order valence-electron chi connectivity index (χ3n) is 2.10. The molecule has 0 aromatic heterocycles. The first kappa shape index (κ1) is 20.3. The van der Waals surface area contributed by atoms with Gasteiger partial charge in [-0.2, -0.15) is 0 Å². The van der Waals surface area contributed by atoms with Crippen LogP contribution in [-0.4, -0.2) is 37.4 Å². The Morgan fingerprint density at radius 3 is 1.56 bits per heavy atom. The maximum absolute atomic E-state index is 12.0. The minimum atomic E-state index is -1.72. The van der Waals surface area contributed by atoms with Gasteiger partial charge in [0.05, 0.1) is 26.2 Å². The van der Waals surface area contributed by atoms with Gasteiger partial charge in [0.2, 0.25) is 5.78 Å². The molecule has 0 radical (unpaired) electrons. The van der Waals surface area contributed by atoms with Gasteiger partial charge in [0.25, 0.3) is 0 Å². The van der Waals surface area contributed by atoms with Gasteiger partial charge in [-0.3, -0.25) is 9.59 Å². The van der Waals surface area contributed by atoms with Gasteiger partial charge in [0.15, 0.2) is 0 Å². The Morgan fingerprint density at radius 1 is 0.889 bits per heavy atom. The third kappa shape index (κ3) is 6.20. The summed E-state index contributed by atoms with van der Waals surface area (Å²) in [4.78, 5) is 23.3. The van der Waals surface area contributed by atoms with E-state index >= 15 is 0 Å². The second-order valence-corrected chi connectivity index (χ2v) is 3.35. The maximum Gasteiger partial charge on any atom is 0.347 e. The summed E-state index contributed by atoms with van der Waals surface area (Å²) in [5.41, 5.74) is 0. The normalized spacial score (nSPS) is 10.9. The van der Waals surface area contributed by atoms with Gasteiger partial charge >= 0.3 is 5.97 Å². The Hall–Kier alpha value is -0.0657. The minimum absolute atomic E-state index is 0. The topological polar surface area (TPSA) is 61.8 Å². The quantitative estimate of drug-likeness (QED) is 0.348. The molecule has 0 aliphatic rings. The van der Waals surface area contributed by atoms with Gasteiger partial charge in [-0.25, -0.2) is 0 Å². The number of ether oxygens (including phenoxy) is 3.